The largest absolute Gasteiger partial charge is 0.481 e. The quantitative estimate of drug-likeness (QED) is 0.847. The number of nitrogens with one attached hydrogen (secondary N) is 1. The summed E-state index contributed by atoms with van der Waals surface area (Å²) in [5, 5.41) is 12.3. The van der Waals surface area contributed by atoms with Gasteiger partial charge in [0.15, 0.2) is 0 Å². The molecule has 1 aromatic carbocycles. The maximum Gasteiger partial charge on any atom is 0.303 e. The van der Waals surface area contributed by atoms with Gasteiger partial charge in [-0.25, -0.2) is 0 Å². The highest BCUT2D eigenvalue weighted by molar-refractivity contribution is 6.30. The van der Waals surface area contributed by atoms with Crippen molar-refractivity contribution in [1.82, 2.24) is 5.32 Å². The van der Waals surface area contributed by atoms with Crippen LogP contribution in [0.1, 0.15) is 44.1 Å². The summed E-state index contributed by atoms with van der Waals surface area (Å²) in [5.41, 5.74) is 0.782. The summed E-state index contributed by atoms with van der Waals surface area (Å²) in [4.78, 5) is 22.4. The summed E-state index contributed by atoms with van der Waals surface area (Å²) in [6, 6.07) is 7.54. The highest BCUT2D eigenvalue weighted by Gasteiger charge is 2.39. The molecule has 20 heavy (non-hydrogen) atoms. The molecule has 4 nitrogen and oxygen atoms in total. The summed E-state index contributed by atoms with van der Waals surface area (Å²) in [7, 11) is 0. The molecule has 1 saturated carbocycles. The Labute approximate surface area is 123 Å². The van der Waals surface area contributed by atoms with Crippen molar-refractivity contribution in [1.29, 1.82) is 0 Å². The monoisotopic (exact) mass is 295 g/mol. The van der Waals surface area contributed by atoms with Crippen LogP contribution in [0.3, 0.4) is 0 Å². The SMILES string of the molecule is O=C(O)CCCC(=O)NC1(c2ccc(Cl)cc2)CCC1. The number of hydrogen-bond acceptors (Lipinski definition) is 2. The van der Waals surface area contributed by atoms with Crippen molar-refractivity contribution in [3.05, 3.63) is 34.9 Å². The van der Waals surface area contributed by atoms with Crippen molar-refractivity contribution in [2.45, 2.75) is 44.1 Å². The zero-order chi connectivity index (χ0) is 14.6. The Morgan fingerprint density at radius 1 is 1.20 bits per heavy atom. The van der Waals surface area contributed by atoms with E-state index in [1.165, 1.54) is 0 Å². The first-order valence-corrected chi connectivity index (χ1v) is 7.18. The predicted octanol–water partition coefficient (Wildman–Crippen LogP) is 3.09. The molecule has 108 valence electrons. The van der Waals surface area contributed by atoms with Crippen LogP contribution in [0.4, 0.5) is 0 Å². The second-order valence-corrected chi connectivity index (χ2v) is 5.67. The third kappa shape index (κ3) is 3.51. The number of carboxylic acids is 1. The van der Waals surface area contributed by atoms with Gasteiger partial charge in [-0.3, -0.25) is 9.59 Å². The smallest absolute Gasteiger partial charge is 0.303 e. The van der Waals surface area contributed by atoms with E-state index in [4.69, 9.17) is 16.7 Å². The van der Waals surface area contributed by atoms with E-state index in [-0.39, 0.29) is 24.3 Å². The minimum absolute atomic E-state index is 0.0291. The van der Waals surface area contributed by atoms with Crippen LogP contribution >= 0.6 is 11.6 Å². The van der Waals surface area contributed by atoms with Gasteiger partial charge in [0.05, 0.1) is 5.54 Å². The van der Waals surface area contributed by atoms with Crippen LogP contribution in [0.5, 0.6) is 0 Å². The van der Waals surface area contributed by atoms with Crippen LogP contribution in [0, 0.1) is 0 Å². The summed E-state index contributed by atoms with van der Waals surface area (Å²) in [5.74, 6) is -0.949. The minimum atomic E-state index is -0.867. The summed E-state index contributed by atoms with van der Waals surface area (Å²) < 4.78 is 0. The summed E-state index contributed by atoms with van der Waals surface area (Å²) >= 11 is 5.88. The van der Waals surface area contributed by atoms with Crippen molar-refractivity contribution in [2.24, 2.45) is 0 Å². The van der Waals surface area contributed by atoms with Crippen LogP contribution in [-0.2, 0) is 15.1 Å². The molecule has 1 aliphatic carbocycles. The molecule has 2 rings (SSSR count). The molecule has 0 spiro atoms. The number of rotatable bonds is 6. The van der Waals surface area contributed by atoms with E-state index >= 15 is 0 Å². The fourth-order valence-electron chi connectivity index (χ4n) is 2.51. The molecule has 0 bridgehead atoms. The van der Waals surface area contributed by atoms with Crippen LogP contribution in [0.2, 0.25) is 5.02 Å². The lowest BCUT2D eigenvalue weighted by molar-refractivity contribution is -0.137. The van der Waals surface area contributed by atoms with Gasteiger partial charge in [-0.2, -0.15) is 0 Å². The van der Waals surface area contributed by atoms with E-state index < -0.39 is 5.97 Å². The molecular weight excluding hydrogens is 278 g/mol. The van der Waals surface area contributed by atoms with Gasteiger partial charge < -0.3 is 10.4 Å². The van der Waals surface area contributed by atoms with Gasteiger partial charge in [0.2, 0.25) is 5.91 Å². The molecule has 0 saturated heterocycles. The van der Waals surface area contributed by atoms with Gasteiger partial charge in [-0.05, 0) is 43.4 Å². The molecule has 0 unspecified atom stereocenters. The Bertz CT molecular complexity index is 494. The van der Waals surface area contributed by atoms with Crippen LogP contribution < -0.4 is 5.32 Å². The standard InChI is InChI=1S/C15H18ClNO3/c16-12-7-5-11(6-8-12)15(9-2-10-15)17-13(18)3-1-4-14(19)20/h5-8H,1-4,9-10H2,(H,17,18)(H,19,20). The Morgan fingerprint density at radius 3 is 2.35 bits per heavy atom. The maximum atomic E-state index is 11.9. The first-order valence-electron chi connectivity index (χ1n) is 6.81. The Hall–Kier alpha value is -1.55. The lowest BCUT2D eigenvalue weighted by Crippen LogP contribution is -2.50. The zero-order valence-corrected chi connectivity index (χ0v) is 11.9. The fourth-order valence-corrected chi connectivity index (χ4v) is 2.64. The second-order valence-electron chi connectivity index (χ2n) is 5.24. The number of aliphatic carboxylic acids is 1. The topological polar surface area (TPSA) is 66.4 Å². The predicted molar refractivity (Wildman–Crippen MR) is 76.6 cm³/mol. The highest BCUT2D eigenvalue weighted by Crippen LogP contribution is 2.41. The summed E-state index contributed by atoms with van der Waals surface area (Å²) in [6.07, 6.45) is 3.57. The minimum Gasteiger partial charge on any atom is -0.481 e. The molecule has 0 atom stereocenters. The van der Waals surface area contributed by atoms with E-state index in [2.05, 4.69) is 5.32 Å². The van der Waals surface area contributed by atoms with Gasteiger partial charge in [0, 0.05) is 17.9 Å². The van der Waals surface area contributed by atoms with E-state index in [0.717, 1.165) is 24.8 Å². The third-order valence-corrected chi connectivity index (χ3v) is 4.03. The van der Waals surface area contributed by atoms with Crippen molar-refractivity contribution < 1.29 is 14.7 Å². The maximum absolute atomic E-state index is 11.9. The molecule has 2 N–H and O–H groups in total. The number of carbonyl (C=O) groups is 2. The number of amides is 1. The van der Waals surface area contributed by atoms with E-state index in [1.54, 1.807) is 0 Å². The normalized spacial score (nSPS) is 16.2. The Kier molecular flexibility index (Phi) is 4.65. The van der Waals surface area contributed by atoms with Gasteiger partial charge in [0.1, 0.15) is 0 Å². The summed E-state index contributed by atoms with van der Waals surface area (Å²) in [6.45, 7) is 0. The fraction of sp³-hybridized carbons (Fsp3) is 0.467. The van der Waals surface area contributed by atoms with Gasteiger partial charge in [-0.15, -0.1) is 0 Å². The highest BCUT2D eigenvalue weighted by atomic mass is 35.5. The number of halogens is 1. The van der Waals surface area contributed by atoms with E-state index in [0.29, 0.717) is 11.4 Å². The molecule has 0 aromatic heterocycles. The van der Waals surface area contributed by atoms with Crippen LogP contribution in [0.25, 0.3) is 0 Å². The number of carbonyl (C=O) groups excluding carboxylic acids is 1. The average molecular weight is 296 g/mol. The van der Waals surface area contributed by atoms with Crippen LogP contribution in [0.15, 0.2) is 24.3 Å². The lowest BCUT2D eigenvalue weighted by atomic mass is 9.71. The van der Waals surface area contributed by atoms with Crippen LogP contribution in [-0.4, -0.2) is 17.0 Å². The molecule has 5 heteroatoms. The molecule has 1 amide bonds. The van der Waals surface area contributed by atoms with Crippen molar-refractivity contribution in [3.63, 3.8) is 0 Å². The Morgan fingerprint density at radius 2 is 1.85 bits per heavy atom. The zero-order valence-electron chi connectivity index (χ0n) is 11.2. The third-order valence-electron chi connectivity index (χ3n) is 3.78. The second kappa shape index (κ2) is 6.27. The molecule has 0 aliphatic heterocycles. The number of hydrogen-bond donors (Lipinski definition) is 2. The Balaban J connectivity index is 1.96. The molecule has 0 radical (unpaired) electrons. The van der Waals surface area contributed by atoms with Crippen molar-refractivity contribution in [3.8, 4) is 0 Å². The first kappa shape index (κ1) is 14.9. The van der Waals surface area contributed by atoms with Gasteiger partial charge in [0.25, 0.3) is 0 Å². The van der Waals surface area contributed by atoms with Crippen molar-refractivity contribution >= 4 is 23.5 Å². The van der Waals surface area contributed by atoms with Gasteiger partial charge >= 0.3 is 5.97 Å². The lowest BCUT2D eigenvalue weighted by Gasteiger charge is -2.43. The average Bonchev–Trinajstić information content (AvgIpc) is 2.34. The van der Waals surface area contributed by atoms with Gasteiger partial charge in [-0.1, -0.05) is 23.7 Å². The molecule has 1 aromatic rings. The van der Waals surface area contributed by atoms with Crippen molar-refractivity contribution in [2.75, 3.05) is 0 Å². The molecule has 1 fully saturated rings. The van der Waals surface area contributed by atoms with E-state index in [9.17, 15) is 9.59 Å². The first-order chi connectivity index (χ1) is 9.52. The number of carboxylic acid groups (broad SMARTS) is 1. The number of benzene rings is 1. The molecule has 1 aliphatic rings. The van der Waals surface area contributed by atoms with E-state index in [1.807, 2.05) is 24.3 Å². The molecular formula is C15H18ClNO3. The molecule has 0 heterocycles.